The summed E-state index contributed by atoms with van der Waals surface area (Å²) in [6.07, 6.45) is 18.4. The van der Waals surface area contributed by atoms with Gasteiger partial charge in [0.1, 0.15) is 23.2 Å². The van der Waals surface area contributed by atoms with Crippen LogP contribution in [-0.4, -0.2) is 83.3 Å². The van der Waals surface area contributed by atoms with Crippen LogP contribution in [0.15, 0.2) is 76.2 Å². The number of aromatic nitrogens is 3. The molecule has 4 aliphatic carbocycles. The van der Waals surface area contributed by atoms with Crippen molar-refractivity contribution < 1.29 is 14.9 Å². The number of nitrogens with zero attached hydrogens (tertiary/aromatic N) is 5. The number of thiazole rings is 1. The largest absolute Gasteiger partial charge is 0.480 e. The highest BCUT2D eigenvalue weighted by Gasteiger charge is 2.65. The second kappa shape index (κ2) is 18.5. The van der Waals surface area contributed by atoms with Gasteiger partial charge in [0.25, 0.3) is 5.95 Å². The van der Waals surface area contributed by atoms with Gasteiger partial charge in [0, 0.05) is 57.6 Å². The zero-order valence-electron chi connectivity index (χ0n) is 37.5. The van der Waals surface area contributed by atoms with Crippen LogP contribution in [0.1, 0.15) is 117 Å². The molecule has 1 saturated heterocycles. The van der Waals surface area contributed by atoms with Crippen molar-refractivity contribution in [2.24, 2.45) is 32.4 Å². The van der Waals surface area contributed by atoms with Gasteiger partial charge < -0.3 is 36.2 Å². The highest BCUT2D eigenvalue weighted by atomic mass is 32.1. The number of aliphatic hydroxyl groups excluding tert-OH is 1. The summed E-state index contributed by atoms with van der Waals surface area (Å²) in [5.74, 6) is 0.426. The van der Waals surface area contributed by atoms with E-state index in [-0.39, 0.29) is 19.5 Å². The third-order valence-corrected chi connectivity index (χ3v) is 14.5. The van der Waals surface area contributed by atoms with Gasteiger partial charge in [-0.05, 0) is 149 Å². The van der Waals surface area contributed by atoms with E-state index < -0.39 is 5.95 Å². The number of aliphatic hydroxyl groups is 2. The Morgan fingerprint density at radius 3 is 2.44 bits per heavy atom. The lowest BCUT2D eigenvalue weighted by atomic mass is 9.35. The van der Waals surface area contributed by atoms with Gasteiger partial charge in [-0.15, -0.1) is 0 Å². The number of fused-ring (bicyclic) bond motifs is 1. The minimum atomic E-state index is -0.802. The Balaban J connectivity index is 0.00000204. The average molecular weight is 849 g/mol. The fourth-order valence-corrected chi connectivity index (χ4v) is 13.4. The fraction of sp³-hybridized carbons (Fsp3) is 0.574. The first-order valence-electron chi connectivity index (χ1n) is 22.0. The molecule has 3 radical (unpaired) electrons. The van der Waals surface area contributed by atoms with E-state index in [0.717, 1.165) is 71.7 Å². The lowest BCUT2D eigenvalue weighted by molar-refractivity contribution is -0.197. The molecule has 4 bridgehead atoms. The molecule has 2 atom stereocenters. The van der Waals surface area contributed by atoms with Crippen molar-refractivity contribution in [2.45, 2.75) is 119 Å². The third-order valence-electron chi connectivity index (χ3n) is 13.6. The maximum absolute atomic E-state index is 10.7. The second-order valence-electron chi connectivity index (χ2n) is 18.8. The van der Waals surface area contributed by atoms with Crippen LogP contribution in [0.25, 0.3) is 15.8 Å². The first-order chi connectivity index (χ1) is 28.7. The van der Waals surface area contributed by atoms with Crippen LogP contribution in [0, 0.1) is 34.0 Å². The number of nitrogens with two attached hydrogens (primary N) is 1. The number of allylic oxidation sites excluding steroid dienone is 3. The van der Waals surface area contributed by atoms with E-state index >= 15 is 0 Å². The number of para-hydroxylation sites is 1. The number of hydrogen-bond donors (Lipinski definition) is 6. The average Bonchev–Trinajstić information content (AvgIpc) is 3.78. The Morgan fingerprint density at radius 1 is 1.03 bits per heavy atom. The first-order valence-corrected chi connectivity index (χ1v) is 22.9. The summed E-state index contributed by atoms with van der Waals surface area (Å²) in [5.41, 5.74) is 12.9. The molecule has 5 fully saturated rings. The van der Waals surface area contributed by atoms with Crippen LogP contribution in [0.5, 0.6) is 0 Å². The number of benzene rings is 1. The van der Waals surface area contributed by atoms with Gasteiger partial charge in [0.05, 0.1) is 16.4 Å². The van der Waals surface area contributed by atoms with Crippen molar-refractivity contribution in [2.75, 3.05) is 33.4 Å². The smallest absolute Gasteiger partial charge is 0.299 e. The Morgan fingerprint density at radius 2 is 1.74 bits per heavy atom. The second-order valence-corrected chi connectivity index (χ2v) is 19.8. The zero-order valence-corrected chi connectivity index (χ0v) is 38.3. The molecule has 4 saturated carbocycles. The van der Waals surface area contributed by atoms with Crippen LogP contribution in [-0.2, 0) is 11.3 Å². The van der Waals surface area contributed by atoms with E-state index in [2.05, 4.69) is 46.1 Å². The Labute approximate surface area is 368 Å². The molecule has 3 aromatic rings. The molecule has 61 heavy (non-hydrogen) atoms. The standard InChI is InChI=1S/C45H61N9O3S.C2H6.B/c1-29(38(46)52-41-50-34-12-6-7-13-35(34)58-41)31-11-8-19-53(39(31)47)36-15-14-32(37(51-36)40(55)56)33-21-49-54(30(33)2)28-45-25-42(3)22-43(4,26-45)24-44(23-42,27-45)16-9-17-48-18-10-20-57-5;1-2;/h6-7,12-15,21,47-48,51,55-56H,8-11,16-20,22-28H2,1-5H3,(H2,46,50,52);1-2H3;/b31-29-,47-39?;;. The molecule has 327 valence electrons. The summed E-state index contributed by atoms with van der Waals surface area (Å²) >= 11 is 1.48. The Hall–Kier alpha value is -4.40. The van der Waals surface area contributed by atoms with Crippen molar-refractivity contribution in [1.29, 1.82) is 5.41 Å². The van der Waals surface area contributed by atoms with Crippen LogP contribution >= 0.6 is 11.3 Å². The van der Waals surface area contributed by atoms with Crippen LogP contribution < -0.4 is 16.4 Å². The predicted molar refractivity (Wildman–Crippen MR) is 250 cm³/mol. The molecule has 2 aliphatic heterocycles. The monoisotopic (exact) mass is 849 g/mol. The number of dihydropyridines is 1. The van der Waals surface area contributed by atoms with Gasteiger partial charge in [-0.25, -0.2) is 9.98 Å². The number of nitrogens with one attached hydrogen (secondary N) is 3. The number of methoxy groups -OCH3 is 1. The van der Waals surface area contributed by atoms with E-state index in [1.165, 1.54) is 62.7 Å². The van der Waals surface area contributed by atoms with Gasteiger partial charge in [-0.2, -0.15) is 5.10 Å². The van der Waals surface area contributed by atoms with E-state index in [0.29, 0.717) is 57.4 Å². The fourth-order valence-electron chi connectivity index (χ4n) is 12.6. The van der Waals surface area contributed by atoms with Crippen LogP contribution in [0.2, 0.25) is 0 Å². The summed E-state index contributed by atoms with van der Waals surface area (Å²) < 4.78 is 8.45. The summed E-state index contributed by atoms with van der Waals surface area (Å²) in [6, 6.07) is 7.90. The van der Waals surface area contributed by atoms with Crippen molar-refractivity contribution >= 4 is 52.3 Å². The summed E-state index contributed by atoms with van der Waals surface area (Å²) in [4.78, 5) is 11.1. The van der Waals surface area contributed by atoms with Crippen molar-refractivity contribution in [3.05, 3.63) is 82.5 Å². The summed E-state index contributed by atoms with van der Waals surface area (Å²) in [5, 5.41) is 43.1. The highest BCUT2D eigenvalue weighted by Crippen LogP contribution is 2.75. The van der Waals surface area contributed by atoms with Crippen molar-refractivity contribution in [1.82, 2.24) is 30.3 Å². The van der Waals surface area contributed by atoms with Crippen LogP contribution in [0.3, 0.4) is 0 Å². The number of hydrogen-bond acceptors (Lipinski definition) is 10. The SMILES string of the molecule is CC.COCCCNCCCC12CC3(C)CC(C)(C1)CC(Cn1ncc(C4=CC=C(N5CCC/C(=C(C)/C(N)=N\c6nc7ccccc7s6)C5=N)NC4=C(O)O)c1C)(C3)C2.[B]. The van der Waals surface area contributed by atoms with Gasteiger partial charge >= 0.3 is 0 Å². The van der Waals surface area contributed by atoms with E-state index in [1.54, 1.807) is 7.11 Å². The molecule has 2 aromatic heterocycles. The number of amidine groups is 2. The van der Waals surface area contributed by atoms with E-state index in [4.69, 9.17) is 15.6 Å². The summed E-state index contributed by atoms with van der Waals surface area (Å²) in [7, 11) is 1.77. The molecule has 1 aromatic carbocycles. The minimum absolute atomic E-state index is 0. The molecular formula is C47H67BN9O3S. The highest BCUT2D eigenvalue weighted by molar-refractivity contribution is 7.22. The predicted octanol–water partition coefficient (Wildman–Crippen LogP) is 9.41. The number of aliphatic imine (C=N–C) groups is 1. The van der Waals surface area contributed by atoms with Crippen LogP contribution in [0.4, 0.5) is 5.13 Å². The Kier molecular flexibility index (Phi) is 14.0. The van der Waals surface area contributed by atoms with Crippen molar-refractivity contribution in [3.63, 3.8) is 0 Å². The lowest BCUT2D eigenvalue weighted by Crippen LogP contribution is -2.60. The molecule has 6 aliphatic rings. The maximum atomic E-state index is 10.7. The summed E-state index contributed by atoms with van der Waals surface area (Å²) in [6.45, 7) is 17.4. The molecule has 7 N–H and O–H groups in total. The van der Waals surface area contributed by atoms with E-state index in [1.807, 2.05) is 68.3 Å². The van der Waals surface area contributed by atoms with Gasteiger partial charge in [0.15, 0.2) is 0 Å². The Bertz CT molecular complexity index is 2200. The van der Waals surface area contributed by atoms with Gasteiger partial charge in [-0.3, -0.25) is 10.1 Å². The molecular weight excluding hydrogens is 781 g/mol. The number of rotatable bonds is 14. The van der Waals surface area contributed by atoms with E-state index in [9.17, 15) is 15.6 Å². The normalized spacial score (nSPS) is 27.9. The molecule has 9 rings (SSSR count). The molecule has 0 spiro atoms. The lowest BCUT2D eigenvalue weighted by Gasteiger charge is -2.70. The molecule has 12 nitrogen and oxygen atoms in total. The molecule has 14 heteroatoms. The number of piperidine rings is 1. The maximum Gasteiger partial charge on any atom is 0.299 e. The van der Waals surface area contributed by atoms with Crippen molar-refractivity contribution in [3.8, 4) is 0 Å². The van der Waals surface area contributed by atoms with Gasteiger partial charge in [0.2, 0.25) is 5.13 Å². The quantitative estimate of drug-likeness (QED) is 0.0304. The molecule has 4 heterocycles. The third kappa shape index (κ3) is 9.51. The topological polar surface area (TPSA) is 170 Å². The van der Waals surface area contributed by atoms with Gasteiger partial charge in [-0.1, -0.05) is 51.2 Å². The molecule has 2 unspecified atom stereocenters. The minimum Gasteiger partial charge on any atom is -0.480 e. The first kappa shape index (κ1) is 46.1. The number of likely N-dealkylation sites (tertiary alicyclic amines) is 1. The number of ether oxygens (including phenoxy) is 1. The molecule has 0 amide bonds. The zero-order chi connectivity index (χ0) is 42.9.